The maximum Gasteiger partial charge on any atom is 0.206 e. The van der Waals surface area contributed by atoms with Crippen LogP contribution in [0.4, 0.5) is 4.39 Å². The van der Waals surface area contributed by atoms with E-state index in [1.165, 1.54) is 28.8 Å². The summed E-state index contributed by atoms with van der Waals surface area (Å²) in [6.45, 7) is 7.80. The Bertz CT molecular complexity index is 1140. The molecule has 156 valence electrons. The summed E-state index contributed by atoms with van der Waals surface area (Å²) in [5.74, 6) is -0.275. The van der Waals surface area contributed by atoms with Crippen molar-refractivity contribution in [3.8, 4) is 11.3 Å². The molecule has 0 amide bonds. The number of benzene rings is 2. The minimum atomic E-state index is -0.275. The maximum atomic E-state index is 13.6. The van der Waals surface area contributed by atoms with Gasteiger partial charge in [0.05, 0.1) is 24.6 Å². The molecule has 1 aliphatic rings. The summed E-state index contributed by atoms with van der Waals surface area (Å²) in [6, 6.07) is 10.8. The van der Waals surface area contributed by atoms with E-state index < -0.39 is 0 Å². The Kier molecular flexibility index (Phi) is 6.25. The number of rotatable bonds is 5. The van der Waals surface area contributed by atoms with Gasteiger partial charge in [0.15, 0.2) is 0 Å². The zero-order valence-electron chi connectivity index (χ0n) is 17.6. The van der Waals surface area contributed by atoms with E-state index in [0.717, 1.165) is 35.5 Å². The largest absolute Gasteiger partial charge is 0.376 e. The van der Waals surface area contributed by atoms with Crippen LogP contribution in [-0.4, -0.2) is 30.1 Å². The molecule has 2 heterocycles. The Morgan fingerprint density at radius 1 is 1.17 bits per heavy atom. The Morgan fingerprint density at radius 2 is 2.00 bits per heavy atom. The number of hydrogen-bond acceptors (Lipinski definition) is 4. The number of hydrogen-bond donors (Lipinski definition) is 0. The molecule has 1 aliphatic heterocycles. The highest BCUT2D eigenvalue weighted by Gasteiger charge is 2.16. The second kappa shape index (κ2) is 9.06. The number of thiazole rings is 1. The molecule has 0 saturated carbocycles. The topological polar surface area (TPSA) is 38.9 Å². The molecule has 6 heteroatoms. The average Bonchev–Trinajstić information content (AvgIpc) is 3.37. The molecule has 1 fully saturated rings. The van der Waals surface area contributed by atoms with Gasteiger partial charge in [0.1, 0.15) is 5.82 Å². The van der Waals surface area contributed by atoms with Crippen LogP contribution >= 0.6 is 11.3 Å². The lowest BCUT2D eigenvalue weighted by atomic mass is 9.99. The van der Waals surface area contributed by atoms with Crippen LogP contribution in [0.25, 0.3) is 11.3 Å². The maximum absolute atomic E-state index is 13.6. The smallest absolute Gasteiger partial charge is 0.206 e. The second-order valence-electron chi connectivity index (χ2n) is 7.74. The minimum absolute atomic E-state index is 0.180. The van der Waals surface area contributed by atoms with Gasteiger partial charge < -0.3 is 4.74 Å². The van der Waals surface area contributed by atoms with E-state index in [9.17, 15) is 4.39 Å². The van der Waals surface area contributed by atoms with Crippen LogP contribution in [0.3, 0.4) is 0 Å². The Hall–Kier alpha value is -2.57. The number of aromatic nitrogens is 1. The van der Waals surface area contributed by atoms with Gasteiger partial charge in [-0.3, -0.25) is 4.99 Å². The Morgan fingerprint density at radius 3 is 2.77 bits per heavy atom. The van der Waals surface area contributed by atoms with Gasteiger partial charge in [0.25, 0.3) is 0 Å². The van der Waals surface area contributed by atoms with Gasteiger partial charge in [-0.2, -0.15) is 5.10 Å². The molecule has 1 saturated heterocycles. The molecule has 4 nitrogen and oxygen atoms in total. The molecule has 4 rings (SSSR count). The first-order chi connectivity index (χ1) is 14.5. The predicted molar refractivity (Wildman–Crippen MR) is 121 cm³/mol. The lowest BCUT2D eigenvalue weighted by Crippen LogP contribution is -2.17. The van der Waals surface area contributed by atoms with Crippen molar-refractivity contribution in [1.29, 1.82) is 0 Å². The SMILES string of the molecule is Cc1cc(C)c(-c2csc(=NCC3CCCO3)n2N=Cc2cccc(F)c2)cc1C. The third-order valence-corrected chi connectivity index (χ3v) is 6.28. The van der Waals surface area contributed by atoms with Gasteiger partial charge in [-0.25, -0.2) is 9.07 Å². The first-order valence-corrected chi connectivity index (χ1v) is 11.1. The van der Waals surface area contributed by atoms with Crippen LogP contribution in [0.1, 0.15) is 35.1 Å². The molecular formula is C24H26FN3OS. The van der Waals surface area contributed by atoms with Crippen LogP contribution in [0.15, 0.2) is 51.9 Å². The summed E-state index contributed by atoms with van der Waals surface area (Å²) in [7, 11) is 0. The molecule has 2 aromatic carbocycles. The van der Waals surface area contributed by atoms with Gasteiger partial charge >= 0.3 is 0 Å². The van der Waals surface area contributed by atoms with E-state index in [1.54, 1.807) is 23.6 Å². The minimum Gasteiger partial charge on any atom is -0.376 e. The second-order valence-corrected chi connectivity index (χ2v) is 8.58. The van der Waals surface area contributed by atoms with E-state index in [0.29, 0.717) is 12.1 Å². The molecule has 0 bridgehead atoms. The van der Waals surface area contributed by atoms with Crippen LogP contribution in [0.2, 0.25) is 0 Å². The summed E-state index contributed by atoms with van der Waals surface area (Å²) in [5.41, 5.74) is 6.52. The molecule has 3 aromatic rings. The fraction of sp³-hybridized carbons (Fsp3) is 0.333. The third-order valence-electron chi connectivity index (χ3n) is 5.43. The van der Waals surface area contributed by atoms with Crippen molar-refractivity contribution in [3.63, 3.8) is 0 Å². The summed E-state index contributed by atoms with van der Waals surface area (Å²) >= 11 is 1.56. The van der Waals surface area contributed by atoms with Crippen LogP contribution in [-0.2, 0) is 4.74 Å². The number of nitrogens with zero attached hydrogens (tertiary/aromatic N) is 3. The first-order valence-electron chi connectivity index (χ1n) is 10.2. The normalized spacial score (nSPS) is 17.3. The van der Waals surface area contributed by atoms with E-state index in [4.69, 9.17) is 14.8 Å². The summed E-state index contributed by atoms with van der Waals surface area (Å²) in [5, 5.41) is 6.78. The van der Waals surface area contributed by atoms with Gasteiger partial charge in [-0.1, -0.05) is 18.2 Å². The first kappa shape index (κ1) is 20.7. The highest BCUT2D eigenvalue weighted by Crippen LogP contribution is 2.27. The standard InChI is InChI=1S/C24H26FN3OS/c1-16-10-18(3)22(11-17(16)2)23-15-30-24(26-14-21-8-5-9-29-21)28(23)27-13-19-6-4-7-20(25)12-19/h4,6-7,10-13,15,21H,5,8-9,14H2,1-3H3. The van der Waals surface area contributed by atoms with Crippen molar-refractivity contribution in [1.82, 2.24) is 4.68 Å². The third kappa shape index (κ3) is 4.60. The number of halogens is 1. The van der Waals surface area contributed by atoms with Crippen molar-refractivity contribution < 1.29 is 9.13 Å². The molecule has 1 unspecified atom stereocenters. The lowest BCUT2D eigenvalue weighted by molar-refractivity contribution is 0.117. The highest BCUT2D eigenvalue weighted by molar-refractivity contribution is 7.07. The van der Waals surface area contributed by atoms with Gasteiger partial charge in [0.2, 0.25) is 4.80 Å². The van der Waals surface area contributed by atoms with E-state index >= 15 is 0 Å². The number of ether oxygens (including phenoxy) is 1. The molecule has 1 atom stereocenters. The van der Waals surface area contributed by atoms with Crippen molar-refractivity contribution in [2.75, 3.05) is 13.2 Å². The predicted octanol–water partition coefficient (Wildman–Crippen LogP) is 5.24. The summed E-state index contributed by atoms with van der Waals surface area (Å²) in [4.78, 5) is 5.61. The van der Waals surface area contributed by atoms with Crippen molar-refractivity contribution in [3.05, 3.63) is 74.7 Å². The van der Waals surface area contributed by atoms with E-state index in [2.05, 4.69) is 38.3 Å². The monoisotopic (exact) mass is 423 g/mol. The van der Waals surface area contributed by atoms with E-state index in [-0.39, 0.29) is 11.9 Å². The quantitative estimate of drug-likeness (QED) is 0.517. The zero-order valence-corrected chi connectivity index (χ0v) is 18.4. The van der Waals surface area contributed by atoms with Crippen LogP contribution < -0.4 is 4.80 Å². The molecule has 30 heavy (non-hydrogen) atoms. The molecule has 0 spiro atoms. The molecule has 0 aliphatic carbocycles. The fourth-order valence-corrected chi connectivity index (χ4v) is 4.46. The lowest BCUT2D eigenvalue weighted by Gasteiger charge is -2.11. The van der Waals surface area contributed by atoms with Crippen LogP contribution in [0.5, 0.6) is 0 Å². The van der Waals surface area contributed by atoms with Crippen molar-refractivity contribution >= 4 is 17.6 Å². The highest BCUT2D eigenvalue weighted by atomic mass is 32.1. The molecule has 0 radical (unpaired) electrons. The van der Waals surface area contributed by atoms with E-state index in [1.807, 2.05) is 10.7 Å². The van der Waals surface area contributed by atoms with Crippen molar-refractivity contribution in [2.24, 2.45) is 10.1 Å². The summed E-state index contributed by atoms with van der Waals surface area (Å²) in [6.07, 6.45) is 4.00. The molecule has 0 N–H and O–H groups in total. The molecule has 1 aromatic heterocycles. The average molecular weight is 424 g/mol. The fourth-order valence-electron chi connectivity index (χ4n) is 3.62. The molecular weight excluding hydrogens is 397 g/mol. The van der Waals surface area contributed by atoms with Crippen molar-refractivity contribution in [2.45, 2.75) is 39.7 Å². The van der Waals surface area contributed by atoms with Gasteiger partial charge in [-0.15, -0.1) is 11.3 Å². The zero-order chi connectivity index (χ0) is 21.1. The number of aryl methyl sites for hydroxylation is 3. The van der Waals surface area contributed by atoms with Gasteiger partial charge in [0, 0.05) is 17.6 Å². The summed E-state index contributed by atoms with van der Waals surface area (Å²) < 4.78 is 21.2. The van der Waals surface area contributed by atoms with Gasteiger partial charge in [-0.05, 0) is 74.1 Å². The Labute approximate surface area is 180 Å². The van der Waals surface area contributed by atoms with Crippen LogP contribution in [0, 0.1) is 26.6 Å². The Balaban J connectivity index is 1.78.